The van der Waals surface area contributed by atoms with Crippen molar-refractivity contribution in [2.24, 2.45) is 0 Å². The molecule has 0 bridgehead atoms. The van der Waals surface area contributed by atoms with Gasteiger partial charge in [0.15, 0.2) is 0 Å². The molecule has 0 amide bonds. The van der Waals surface area contributed by atoms with Crippen molar-refractivity contribution in [2.45, 2.75) is 0 Å². The van der Waals surface area contributed by atoms with E-state index < -0.39 is 5.97 Å². The number of ether oxygens (including phenoxy) is 1. The van der Waals surface area contributed by atoms with E-state index in [4.69, 9.17) is 33.0 Å². The van der Waals surface area contributed by atoms with Gasteiger partial charge in [-0.15, -0.1) is 0 Å². The molecule has 1 heterocycles. The number of nitrogens with zero attached hydrogens (tertiary/aromatic N) is 2. The minimum absolute atomic E-state index is 0.0863. The largest absolute Gasteiger partial charge is 0.495 e. The molecule has 5 nitrogen and oxygen atoms in total. The van der Waals surface area contributed by atoms with Gasteiger partial charge in [-0.25, -0.2) is 14.8 Å². The maximum Gasteiger partial charge on any atom is 0.335 e. The van der Waals surface area contributed by atoms with Crippen molar-refractivity contribution in [2.75, 3.05) is 7.11 Å². The molecule has 0 aliphatic rings. The van der Waals surface area contributed by atoms with E-state index in [1.165, 1.54) is 31.6 Å². The topological polar surface area (TPSA) is 72.3 Å². The van der Waals surface area contributed by atoms with Crippen molar-refractivity contribution >= 4 is 41.3 Å². The monoisotopic (exact) mass is 324 g/mol. The number of halogens is 2. The fourth-order valence-corrected chi connectivity index (χ4v) is 1.95. The molecule has 108 valence electrons. The van der Waals surface area contributed by atoms with Gasteiger partial charge in [-0.1, -0.05) is 23.8 Å². The predicted octanol–water partition coefficient (Wildman–Crippen LogP) is 3.66. The fraction of sp³-hybridized carbons (Fsp3) is 0.0714. The van der Waals surface area contributed by atoms with Crippen LogP contribution in [-0.4, -0.2) is 28.2 Å². The highest BCUT2D eigenvalue weighted by atomic mass is 35.5. The summed E-state index contributed by atoms with van der Waals surface area (Å²) in [4.78, 5) is 18.8. The third-order valence-corrected chi connectivity index (χ3v) is 3.23. The van der Waals surface area contributed by atoms with Crippen LogP contribution >= 0.6 is 23.2 Å². The zero-order valence-electron chi connectivity index (χ0n) is 10.9. The average Bonchev–Trinajstić information content (AvgIpc) is 2.47. The summed E-state index contributed by atoms with van der Waals surface area (Å²) in [5.74, 6) is -0.766. The lowest BCUT2D eigenvalue weighted by atomic mass is 10.1. The van der Waals surface area contributed by atoms with Crippen LogP contribution in [0.4, 0.5) is 0 Å². The van der Waals surface area contributed by atoms with Gasteiger partial charge in [0.05, 0.1) is 17.7 Å². The predicted molar refractivity (Wildman–Crippen MR) is 80.9 cm³/mol. The Kier molecular flexibility index (Phi) is 4.77. The summed E-state index contributed by atoms with van der Waals surface area (Å²) in [5.41, 5.74) is 1.31. The summed E-state index contributed by atoms with van der Waals surface area (Å²) in [6.07, 6.45) is 6.43. The van der Waals surface area contributed by atoms with Crippen LogP contribution in [0.25, 0.3) is 12.2 Å². The van der Waals surface area contributed by atoms with Crippen molar-refractivity contribution in [1.29, 1.82) is 0 Å². The summed E-state index contributed by atoms with van der Waals surface area (Å²) >= 11 is 11.8. The van der Waals surface area contributed by atoms with E-state index in [-0.39, 0.29) is 10.8 Å². The molecule has 0 aliphatic carbocycles. The summed E-state index contributed by atoms with van der Waals surface area (Å²) in [7, 11) is 1.42. The molecule has 0 saturated heterocycles. The summed E-state index contributed by atoms with van der Waals surface area (Å²) in [5, 5.41) is 9.56. The molecule has 2 rings (SSSR count). The molecule has 1 N–H and O–H groups in total. The Balaban J connectivity index is 2.40. The molecule has 2 aromatic rings. The zero-order valence-corrected chi connectivity index (χ0v) is 12.4. The van der Waals surface area contributed by atoms with Crippen LogP contribution < -0.4 is 4.74 Å². The third-order valence-electron chi connectivity index (χ3n) is 2.63. The van der Waals surface area contributed by atoms with Gasteiger partial charge in [0, 0.05) is 18.0 Å². The quantitative estimate of drug-likeness (QED) is 0.869. The standard InChI is InChI=1S/C14H10Cl2N2O3/c1-21-11-5-10(13(19)20)4-9(12(11)15)3-2-8-6-17-14(16)18-7-8/h2-7H,1H3,(H,19,20)/b3-2+. The van der Waals surface area contributed by atoms with Gasteiger partial charge in [0.25, 0.3) is 0 Å². The van der Waals surface area contributed by atoms with Gasteiger partial charge in [-0.2, -0.15) is 0 Å². The molecule has 1 aromatic heterocycles. The average molecular weight is 325 g/mol. The van der Waals surface area contributed by atoms with Crippen LogP contribution in [0.15, 0.2) is 24.5 Å². The Labute approximate surface area is 130 Å². The van der Waals surface area contributed by atoms with Crippen LogP contribution in [0.5, 0.6) is 5.75 Å². The lowest BCUT2D eigenvalue weighted by Gasteiger charge is -2.07. The number of aromatic carboxylic acids is 1. The zero-order chi connectivity index (χ0) is 15.4. The van der Waals surface area contributed by atoms with Gasteiger partial charge >= 0.3 is 5.97 Å². The summed E-state index contributed by atoms with van der Waals surface area (Å²) < 4.78 is 5.07. The minimum atomic E-state index is -1.06. The first-order valence-corrected chi connectivity index (χ1v) is 6.53. The Morgan fingerprint density at radius 3 is 2.48 bits per heavy atom. The van der Waals surface area contributed by atoms with E-state index in [2.05, 4.69) is 9.97 Å². The number of hydrogen-bond acceptors (Lipinski definition) is 4. The highest BCUT2D eigenvalue weighted by Crippen LogP contribution is 2.31. The van der Waals surface area contributed by atoms with E-state index in [1.807, 2.05) is 0 Å². The maximum atomic E-state index is 11.1. The second-order valence-corrected chi connectivity index (χ2v) is 4.72. The highest BCUT2D eigenvalue weighted by Gasteiger charge is 2.12. The Bertz CT molecular complexity index is 700. The van der Waals surface area contributed by atoms with E-state index in [1.54, 1.807) is 12.2 Å². The molecule has 0 unspecified atom stereocenters. The van der Waals surface area contributed by atoms with E-state index in [0.29, 0.717) is 21.9 Å². The van der Waals surface area contributed by atoms with Crippen LogP contribution in [0, 0.1) is 0 Å². The molecular weight excluding hydrogens is 315 g/mol. The Morgan fingerprint density at radius 1 is 1.24 bits per heavy atom. The number of carbonyl (C=O) groups is 1. The maximum absolute atomic E-state index is 11.1. The molecule has 7 heteroatoms. The van der Waals surface area contributed by atoms with Crippen LogP contribution in [0.3, 0.4) is 0 Å². The number of aromatic nitrogens is 2. The Hall–Kier alpha value is -2.11. The molecule has 0 saturated carbocycles. The molecule has 21 heavy (non-hydrogen) atoms. The van der Waals surface area contributed by atoms with Gasteiger partial charge in [0.1, 0.15) is 5.75 Å². The number of methoxy groups -OCH3 is 1. The minimum Gasteiger partial charge on any atom is -0.495 e. The molecule has 1 aromatic carbocycles. The highest BCUT2D eigenvalue weighted by molar-refractivity contribution is 6.33. The van der Waals surface area contributed by atoms with Crippen LogP contribution in [0.1, 0.15) is 21.5 Å². The van der Waals surface area contributed by atoms with Gasteiger partial charge in [-0.05, 0) is 29.3 Å². The lowest BCUT2D eigenvalue weighted by molar-refractivity contribution is 0.0696. The van der Waals surface area contributed by atoms with Crippen molar-refractivity contribution < 1.29 is 14.6 Å². The van der Waals surface area contributed by atoms with Gasteiger partial charge in [0.2, 0.25) is 5.28 Å². The molecule has 0 atom stereocenters. The molecule has 0 radical (unpaired) electrons. The number of benzene rings is 1. The van der Waals surface area contributed by atoms with E-state index in [0.717, 1.165) is 0 Å². The van der Waals surface area contributed by atoms with Crippen molar-refractivity contribution in [3.05, 3.63) is 51.5 Å². The molecule has 0 aliphatic heterocycles. The number of carboxylic acids is 1. The van der Waals surface area contributed by atoms with Crippen LogP contribution in [0.2, 0.25) is 10.3 Å². The number of hydrogen-bond donors (Lipinski definition) is 1. The summed E-state index contributed by atoms with van der Waals surface area (Å²) in [6.45, 7) is 0. The Morgan fingerprint density at radius 2 is 1.90 bits per heavy atom. The molecule has 0 spiro atoms. The second-order valence-electron chi connectivity index (χ2n) is 4.01. The fourth-order valence-electron chi connectivity index (χ4n) is 1.61. The van der Waals surface area contributed by atoms with E-state index >= 15 is 0 Å². The normalized spacial score (nSPS) is 10.8. The van der Waals surface area contributed by atoms with Crippen LogP contribution in [-0.2, 0) is 0 Å². The third kappa shape index (κ3) is 3.71. The van der Waals surface area contributed by atoms with Crippen molar-refractivity contribution in [1.82, 2.24) is 9.97 Å². The summed E-state index contributed by atoms with van der Waals surface area (Å²) in [6, 6.07) is 2.83. The van der Waals surface area contributed by atoms with Crippen molar-refractivity contribution in [3.63, 3.8) is 0 Å². The number of carboxylic acid groups (broad SMARTS) is 1. The second kappa shape index (κ2) is 6.56. The van der Waals surface area contributed by atoms with E-state index in [9.17, 15) is 4.79 Å². The first-order valence-electron chi connectivity index (χ1n) is 5.77. The molecular formula is C14H10Cl2N2O3. The van der Waals surface area contributed by atoms with Gasteiger partial charge < -0.3 is 9.84 Å². The lowest BCUT2D eigenvalue weighted by Crippen LogP contribution is -1.98. The number of rotatable bonds is 4. The first kappa shape index (κ1) is 15.3. The van der Waals surface area contributed by atoms with Crippen molar-refractivity contribution in [3.8, 4) is 5.75 Å². The smallest absolute Gasteiger partial charge is 0.335 e. The molecule has 0 fully saturated rings. The van der Waals surface area contributed by atoms with Gasteiger partial charge in [-0.3, -0.25) is 0 Å². The SMILES string of the molecule is COc1cc(C(=O)O)cc(/C=C/c2cnc(Cl)nc2)c1Cl. The first-order chi connectivity index (χ1) is 10.0.